The second kappa shape index (κ2) is 15.7. The number of rotatable bonds is 7. The Balaban J connectivity index is 0.919. The lowest BCUT2D eigenvalue weighted by molar-refractivity contribution is 0.671. The van der Waals surface area contributed by atoms with Gasteiger partial charge in [-0.1, -0.05) is 200 Å². The lowest BCUT2D eigenvalue weighted by Crippen LogP contribution is -2.10. The van der Waals surface area contributed by atoms with Crippen LogP contribution in [0.3, 0.4) is 0 Å². The maximum absolute atomic E-state index is 6.92. The summed E-state index contributed by atoms with van der Waals surface area (Å²) in [5.74, 6) is 0. The van der Waals surface area contributed by atoms with Gasteiger partial charge in [-0.2, -0.15) is 0 Å². The van der Waals surface area contributed by atoms with E-state index in [1.165, 1.54) is 59.7 Å². The van der Waals surface area contributed by atoms with Crippen LogP contribution < -0.4 is 4.90 Å². The smallest absolute Gasteiger partial charge is 0.143 e. The zero-order valence-electron chi connectivity index (χ0n) is 37.6. The highest BCUT2D eigenvalue weighted by molar-refractivity contribution is 6.19. The molecule has 0 N–H and O–H groups in total. The van der Waals surface area contributed by atoms with Gasteiger partial charge in [0.1, 0.15) is 11.2 Å². The predicted octanol–water partition coefficient (Wildman–Crippen LogP) is 18.6. The second-order valence-electron chi connectivity index (χ2n) is 18.0. The maximum Gasteiger partial charge on any atom is 0.143 e. The first-order chi connectivity index (χ1) is 34.2. The number of hydrogen-bond acceptors (Lipinski definition) is 2. The van der Waals surface area contributed by atoms with Crippen molar-refractivity contribution in [3.05, 3.63) is 255 Å². The van der Waals surface area contributed by atoms with Crippen molar-refractivity contribution in [1.82, 2.24) is 4.57 Å². The molecule has 3 nitrogen and oxygen atoms in total. The van der Waals surface area contributed by atoms with E-state index in [9.17, 15) is 0 Å². The van der Waals surface area contributed by atoms with Crippen molar-refractivity contribution in [2.45, 2.75) is 0 Å². The van der Waals surface area contributed by atoms with Crippen LogP contribution in [0.2, 0.25) is 0 Å². The summed E-state index contributed by atoms with van der Waals surface area (Å²) in [7, 11) is 0. The number of aromatic nitrogens is 1. The fourth-order valence-corrected chi connectivity index (χ4v) is 10.9. The molecule has 2 aromatic heterocycles. The largest absolute Gasteiger partial charge is 0.455 e. The number of hydrogen-bond donors (Lipinski definition) is 0. The van der Waals surface area contributed by atoms with Crippen LogP contribution in [0.5, 0.6) is 0 Å². The first-order valence-corrected chi connectivity index (χ1v) is 23.7. The summed E-state index contributed by atoms with van der Waals surface area (Å²) in [6.07, 6.45) is 0. The number of para-hydroxylation sites is 3. The van der Waals surface area contributed by atoms with Crippen molar-refractivity contribution >= 4 is 93.1 Å². The summed E-state index contributed by atoms with van der Waals surface area (Å²) >= 11 is 0. The van der Waals surface area contributed by atoms with E-state index in [0.717, 1.165) is 72.5 Å². The number of anilines is 3. The zero-order valence-corrected chi connectivity index (χ0v) is 37.6. The van der Waals surface area contributed by atoms with Crippen molar-refractivity contribution in [1.29, 1.82) is 0 Å². The predicted molar refractivity (Wildman–Crippen MR) is 292 cm³/mol. The van der Waals surface area contributed by atoms with Crippen molar-refractivity contribution in [2.75, 3.05) is 4.90 Å². The SMILES string of the molecule is c1ccc(-c2cccc3c2oc2c(-c4cccc(N(c5ccc(-c6ccc7c8ccc9ccccc9c8n(-c8ccccc8)c7c6)cc5)c5ccc6ccc7ccccc7c6c5)c4)cccc23)cc1. The third-order valence-electron chi connectivity index (χ3n) is 14.1. The topological polar surface area (TPSA) is 21.3 Å². The molecule has 14 rings (SSSR count). The van der Waals surface area contributed by atoms with Crippen LogP contribution in [0.15, 0.2) is 259 Å². The van der Waals surface area contributed by atoms with Gasteiger partial charge in [-0.15, -0.1) is 0 Å². The number of nitrogens with zero attached hydrogens (tertiary/aromatic N) is 2. The highest BCUT2D eigenvalue weighted by Gasteiger charge is 2.20. The number of benzene rings is 12. The molecule has 2 heterocycles. The highest BCUT2D eigenvalue weighted by Crippen LogP contribution is 2.44. The van der Waals surface area contributed by atoms with Gasteiger partial charge in [0, 0.05) is 60.8 Å². The summed E-state index contributed by atoms with van der Waals surface area (Å²) in [6, 6.07) is 92.4. The molecular weight excluding hydrogens is 837 g/mol. The van der Waals surface area contributed by atoms with E-state index in [0.29, 0.717) is 0 Å². The van der Waals surface area contributed by atoms with Crippen molar-refractivity contribution in [3.63, 3.8) is 0 Å². The van der Waals surface area contributed by atoms with Gasteiger partial charge in [0.15, 0.2) is 0 Å². The molecule has 0 radical (unpaired) electrons. The molecule has 0 saturated heterocycles. The lowest BCUT2D eigenvalue weighted by atomic mass is 9.99. The summed E-state index contributed by atoms with van der Waals surface area (Å²) < 4.78 is 9.36. The van der Waals surface area contributed by atoms with E-state index >= 15 is 0 Å². The fraction of sp³-hybridized carbons (Fsp3) is 0. The number of furan rings is 1. The van der Waals surface area contributed by atoms with Crippen LogP contribution in [-0.4, -0.2) is 4.57 Å². The van der Waals surface area contributed by atoms with E-state index in [-0.39, 0.29) is 0 Å². The van der Waals surface area contributed by atoms with E-state index < -0.39 is 0 Å². The highest BCUT2D eigenvalue weighted by atomic mass is 16.3. The van der Waals surface area contributed by atoms with E-state index in [2.05, 4.69) is 264 Å². The molecule has 0 spiro atoms. The minimum absolute atomic E-state index is 0.887. The molecule has 69 heavy (non-hydrogen) atoms. The molecule has 0 unspecified atom stereocenters. The van der Waals surface area contributed by atoms with Crippen LogP contribution in [0.25, 0.3) is 115 Å². The Morgan fingerprint density at radius 2 is 0.826 bits per heavy atom. The molecule has 0 atom stereocenters. The van der Waals surface area contributed by atoms with Gasteiger partial charge >= 0.3 is 0 Å². The first-order valence-electron chi connectivity index (χ1n) is 23.7. The average molecular weight is 879 g/mol. The Kier molecular flexibility index (Phi) is 8.90. The van der Waals surface area contributed by atoms with Crippen molar-refractivity contribution in [2.24, 2.45) is 0 Å². The molecule has 0 fully saturated rings. The van der Waals surface area contributed by atoms with E-state index in [1.807, 2.05) is 0 Å². The third-order valence-corrected chi connectivity index (χ3v) is 14.1. The standard InChI is InChI=1S/C66H42N2O/c1-3-14-44(15-4-1)56-24-12-26-60-61-27-13-25-57(66(61)69-65(56)60)49-18-11-21-52(40-49)67(53-37-32-47-29-28-45-16-7-9-22-54(45)62(47)42-53)51-35-30-43(31-36-51)48-34-38-58-59-39-33-46-17-8-10-23-55(46)64(59)68(63(58)41-48)50-19-5-2-6-20-50/h1-42H. The molecule has 0 aliphatic heterocycles. The van der Waals surface area contributed by atoms with Gasteiger partial charge in [-0.25, -0.2) is 0 Å². The fourth-order valence-electron chi connectivity index (χ4n) is 10.9. The van der Waals surface area contributed by atoms with Crippen molar-refractivity contribution < 1.29 is 4.42 Å². The van der Waals surface area contributed by atoms with Crippen LogP contribution in [0.1, 0.15) is 0 Å². The quantitative estimate of drug-likeness (QED) is 0.149. The molecule has 12 aromatic carbocycles. The molecule has 0 amide bonds. The van der Waals surface area contributed by atoms with Crippen LogP contribution in [-0.2, 0) is 0 Å². The molecule has 14 aromatic rings. The minimum atomic E-state index is 0.887. The van der Waals surface area contributed by atoms with Gasteiger partial charge in [0.2, 0.25) is 0 Å². The second-order valence-corrected chi connectivity index (χ2v) is 18.0. The Morgan fingerprint density at radius 3 is 1.59 bits per heavy atom. The van der Waals surface area contributed by atoms with Crippen LogP contribution in [0.4, 0.5) is 17.1 Å². The summed E-state index contributed by atoms with van der Waals surface area (Å²) in [6.45, 7) is 0. The van der Waals surface area contributed by atoms with Crippen LogP contribution in [0, 0.1) is 0 Å². The molecule has 0 saturated carbocycles. The Morgan fingerprint density at radius 1 is 0.290 bits per heavy atom. The van der Waals surface area contributed by atoms with Crippen molar-refractivity contribution in [3.8, 4) is 39.1 Å². The molecule has 0 aliphatic carbocycles. The van der Waals surface area contributed by atoms with E-state index in [4.69, 9.17) is 4.42 Å². The summed E-state index contributed by atoms with van der Waals surface area (Å²) in [4.78, 5) is 2.39. The molecule has 0 aliphatic rings. The minimum Gasteiger partial charge on any atom is -0.455 e. The monoisotopic (exact) mass is 878 g/mol. The third kappa shape index (κ3) is 6.36. The molecule has 3 heteroatoms. The zero-order chi connectivity index (χ0) is 45.4. The first kappa shape index (κ1) is 39.0. The normalized spacial score (nSPS) is 11.8. The van der Waals surface area contributed by atoms with E-state index in [1.54, 1.807) is 0 Å². The summed E-state index contributed by atoms with van der Waals surface area (Å²) in [5, 5.41) is 12.1. The Hall–Kier alpha value is -9.18. The number of fused-ring (bicyclic) bond motifs is 11. The molecule has 0 bridgehead atoms. The van der Waals surface area contributed by atoms with Crippen LogP contribution >= 0.6 is 0 Å². The molecular formula is C66H42N2O. The van der Waals surface area contributed by atoms with Gasteiger partial charge in [0.05, 0.1) is 11.0 Å². The maximum atomic E-state index is 6.92. The Bertz CT molecular complexity index is 4300. The average Bonchev–Trinajstić information content (AvgIpc) is 3.98. The Labute approximate surface area is 399 Å². The van der Waals surface area contributed by atoms with Gasteiger partial charge < -0.3 is 13.9 Å². The van der Waals surface area contributed by atoms with Gasteiger partial charge in [-0.3, -0.25) is 0 Å². The lowest BCUT2D eigenvalue weighted by Gasteiger charge is -2.27. The van der Waals surface area contributed by atoms with Gasteiger partial charge in [0.25, 0.3) is 0 Å². The van der Waals surface area contributed by atoms with Gasteiger partial charge in [-0.05, 0) is 104 Å². The molecule has 322 valence electrons. The summed E-state index contributed by atoms with van der Waals surface area (Å²) in [5.41, 5.74) is 15.3.